The number of aromatic nitrogens is 2. The fraction of sp³-hybridized carbons (Fsp3) is 0.556. The van der Waals surface area contributed by atoms with Gasteiger partial charge in [-0.15, -0.1) is 0 Å². The van der Waals surface area contributed by atoms with Gasteiger partial charge in [-0.3, -0.25) is 0 Å². The molecule has 1 N–H and O–H groups in total. The van der Waals surface area contributed by atoms with Crippen LogP contribution in [0.3, 0.4) is 0 Å². The van der Waals surface area contributed by atoms with Crippen LogP contribution in [0.15, 0.2) is 12.5 Å². The highest BCUT2D eigenvalue weighted by Crippen LogP contribution is 2.22. The average molecular weight is 179 g/mol. The molecule has 4 nitrogen and oxygen atoms in total. The van der Waals surface area contributed by atoms with E-state index in [9.17, 15) is 5.11 Å². The number of hydrogen-bond donors (Lipinski definition) is 1. The minimum Gasteiger partial charge on any atom is -0.385 e. The highest BCUT2D eigenvalue weighted by molar-refractivity contribution is 5.07. The molecule has 0 radical (unpaired) electrons. The summed E-state index contributed by atoms with van der Waals surface area (Å²) < 4.78 is 1.73. The molecule has 1 aromatic heterocycles. The average Bonchev–Trinajstić information content (AvgIpc) is 2.53. The van der Waals surface area contributed by atoms with Gasteiger partial charge in [-0.05, 0) is 6.42 Å². The Kier molecular flexibility index (Phi) is 3.04. The molecular formula is C9H13N3O. The van der Waals surface area contributed by atoms with E-state index >= 15 is 0 Å². The van der Waals surface area contributed by atoms with E-state index in [0.717, 1.165) is 0 Å². The van der Waals surface area contributed by atoms with Crippen molar-refractivity contribution in [2.45, 2.75) is 19.4 Å². The first-order valence-electron chi connectivity index (χ1n) is 4.24. The molecule has 0 saturated carbocycles. The van der Waals surface area contributed by atoms with Crippen molar-refractivity contribution < 1.29 is 5.11 Å². The van der Waals surface area contributed by atoms with Gasteiger partial charge < -0.3 is 9.67 Å². The second-order valence-electron chi connectivity index (χ2n) is 3.02. The first-order chi connectivity index (χ1) is 6.20. The van der Waals surface area contributed by atoms with Gasteiger partial charge in [0.25, 0.3) is 0 Å². The molecule has 0 aliphatic carbocycles. The molecule has 1 rings (SSSR count). The first kappa shape index (κ1) is 9.75. The molecule has 0 spiro atoms. The zero-order valence-corrected chi connectivity index (χ0v) is 7.81. The molecule has 0 amide bonds. The fourth-order valence-electron chi connectivity index (χ4n) is 1.24. The van der Waals surface area contributed by atoms with Gasteiger partial charge in [0, 0.05) is 7.05 Å². The van der Waals surface area contributed by atoms with Gasteiger partial charge in [-0.25, -0.2) is 4.98 Å². The zero-order chi connectivity index (χ0) is 9.84. The number of aliphatic hydroxyl groups is 1. The van der Waals surface area contributed by atoms with Gasteiger partial charge in [0.1, 0.15) is 6.10 Å². The van der Waals surface area contributed by atoms with Crippen molar-refractivity contribution in [1.82, 2.24) is 9.55 Å². The van der Waals surface area contributed by atoms with Crippen LogP contribution in [0.5, 0.6) is 0 Å². The molecular weight excluding hydrogens is 166 g/mol. The lowest BCUT2D eigenvalue weighted by atomic mass is 9.99. The van der Waals surface area contributed by atoms with Gasteiger partial charge in [0.15, 0.2) is 0 Å². The second-order valence-corrected chi connectivity index (χ2v) is 3.02. The maximum absolute atomic E-state index is 9.77. The highest BCUT2D eigenvalue weighted by atomic mass is 16.3. The number of nitriles is 1. The van der Waals surface area contributed by atoms with Crippen LogP contribution in [0.25, 0.3) is 0 Å². The number of rotatable bonds is 3. The highest BCUT2D eigenvalue weighted by Gasteiger charge is 2.20. The molecule has 0 bridgehead atoms. The van der Waals surface area contributed by atoms with E-state index < -0.39 is 6.10 Å². The first-order valence-corrected chi connectivity index (χ1v) is 4.24. The van der Waals surface area contributed by atoms with Crippen LogP contribution in [-0.4, -0.2) is 14.7 Å². The van der Waals surface area contributed by atoms with Crippen molar-refractivity contribution in [2.75, 3.05) is 0 Å². The van der Waals surface area contributed by atoms with E-state index in [2.05, 4.69) is 11.1 Å². The van der Waals surface area contributed by atoms with Gasteiger partial charge >= 0.3 is 0 Å². The van der Waals surface area contributed by atoms with E-state index in [0.29, 0.717) is 12.1 Å². The normalized spacial score (nSPS) is 14.9. The Morgan fingerprint density at radius 1 is 1.77 bits per heavy atom. The summed E-state index contributed by atoms with van der Waals surface area (Å²) in [4.78, 5) is 3.89. The summed E-state index contributed by atoms with van der Waals surface area (Å²) in [7, 11) is 1.80. The zero-order valence-electron chi connectivity index (χ0n) is 7.81. The van der Waals surface area contributed by atoms with Crippen LogP contribution in [0, 0.1) is 17.2 Å². The predicted molar refractivity (Wildman–Crippen MR) is 47.6 cm³/mol. The molecule has 0 aromatic carbocycles. The third-order valence-corrected chi connectivity index (χ3v) is 2.14. The SMILES string of the molecule is CCC(C#N)C(O)c1cncn1C. The Balaban J connectivity index is 2.85. The van der Waals surface area contributed by atoms with E-state index in [-0.39, 0.29) is 5.92 Å². The predicted octanol–water partition coefficient (Wildman–Crippen LogP) is 1.00. The third-order valence-electron chi connectivity index (χ3n) is 2.14. The van der Waals surface area contributed by atoms with Crippen molar-refractivity contribution in [3.63, 3.8) is 0 Å². The maximum atomic E-state index is 9.77. The molecule has 1 heterocycles. The molecule has 1 aromatic rings. The minimum atomic E-state index is -0.734. The molecule has 70 valence electrons. The lowest BCUT2D eigenvalue weighted by Gasteiger charge is -2.14. The van der Waals surface area contributed by atoms with Gasteiger partial charge in [-0.2, -0.15) is 5.26 Å². The van der Waals surface area contributed by atoms with E-state index in [4.69, 9.17) is 5.26 Å². The lowest BCUT2D eigenvalue weighted by Crippen LogP contribution is -2.12. The van der Waals surface area contributed by atoms with Gasteiger partial charge in [0.05, 0.1) is 30.2 Å². The monoisotopic (exact) mass is 179 g/mol. The van der Waals surface area contributed by atoms with Crippen LogP contribution in [0.2, 0.25) is 0 Å². The van der Waals surface area contributed by atoms with Crippen molar-refractivity contribution in [3.05, 3.63) is 18.2 Å². The largest absolute Gasteiger partial charge is 0.385 e. The standard InChI is InChI=1S/C9H13N3O/c1-3-7(4-10)9(13)8-5-11-6-12(8)2/h5-7,9,13H,3H2,1-2H3. The lowest BCUT2D eigenvalue weighted by molar-refractivity contribution is 0.125. The molecule has 4 heteroatoms. The van der Waals surface area contributed by atoms with Gasteiger partial charge in [-0.1, -0.05) is 6.92 Å². The summed E-state index contributed by atoms with van der Waals surface area (Å²) in [5.74, 6) is -0.351. The van der Waals surface area contributed by atoms with Crippen molar-refractivity contribution in [3.8, 4) is 6.07 Å². The summed E-state index contributed by atoms with van der Waals surface area (Å²) in [6.07, 6.45) is 3.11. The van der Waals surface area contributed by atoms with Crippen LogP contribution in [0.4, 0.5) is 0 Å². The number of hydrogen-bond acceptors (Lipinski definition) is 3. The number of aliphatic hydroxyl groups excluding tert-OH is 1. The van der Waals surface area contributed by atoms with Crippen LogP contribution < -0.4 is 0 Å². The number of nitrogens with zero attached hydrogens (tertiary/aromatic N) is 3. The Hall–Kier alpha value is -1.34. The quantitative estimate of drug-likeness (QED) is 0.753. The van der Waals surface area contributed by atoms with E-state index in [1.54, 1.807) is 24.1 Å². The Labute approximate surface area is 77.4 Å². The van der Waals surface area contributed by atoms with Crippen molar-refractivity contribution in [1.29, 1.82) is 5.26 Å². The van der Waals surface area contributed by atoms with Gasteiger partial charge in [0.2, 0.25) is 0 Å². The Morgan fingerprint density at radius 2 is 2.46 bits per heavy atom. The summed E-state index contributed by atoms with van der Waals surface area (Å²) in [6, 6.07) is 2.08. The van der Waals surface area contributed by atoms with E-state index in [1.165, 1.54) is 0 Å². The molecule has 13 heavy (non-hydrogen) atoms. The summed E-state index contributed by atoms with van der Waals surface area (Å²) in [6.45, 7) is 1.88. The summed E-state index contributed by atoms with van der Waals surface area (Å²) in [5, 5.41) is 18.5. The molecule has 2 atom stereocenters. The van der Waals surface area contributed by atoms with Crippen molar-refractivity contribution in [2.24, 2.45) is 13.0 Å². The van der Waals surface area contributed by atoms with Crippen LogP contribution in [0.1, 0.15) is 25.1 Å². The van der Waals surface area contributed by atoms with Crippen LogP contribution >= 0.6 is 0 Å². The number of imidazole rings is 1. The topological polar surface area (TPSA) is 61.8 Å². The number of aryl methyl sites for hydroxylation is 1. The molecule has 0 saturated heterocycles. The Morgan fingerprint density at radius 3 is 2.85 bits per heavy atom. The maximum Gasteiger partial charge on any atom is 0.111 e. The molecule has 2 unspecified atom stereocenters. The minimum absolute atomic E-state index is 0.351. The second kappa shape index (κ2) is 4.06. The molecule has 0 aliphatic rings. The molecule has 0 aliphatic heterocycles. The summed E-state index contributed by atoms with van der Waals surface area (Å²) >= 11 is 0. The fourth-order valence-corrected chi connectivity index (χ4v) is 1.24. The third kappa shape index (κ3) is 1.87. The molecule has 0 fully saturated rings. The Bertz CT molecular complexity index is 313. The summed E-state index contributed by atoms with van der Waals surface area (Å²) in [5.41, 5.74) is 0.688. The van der Waals surface area contributed by atoms with Crippen LogP contribution in [-0.2, 0) is 7.05 Å². The van der Waals surface area contributed by atoms with E-state index in [1.807, 2.05) is 6.92 Å². The van der Waals surface area contributed by atoms with Crippen molar-refractivity contribution >= 4 is 0 Å². The smallest absolute Gasteiger partial charge is 0.111 e.